The van der Waals surface area contributed by atoms with Crippen molar-refractivity contribution >= 4 is 5.69 Å². The number of nitrogens with one attached hydrogen (secondary N) is 1. The summed E-state index contributed by atoms with van der Waals surface area (Å²) in [4.78, 5) is 0. The second-order valence-corrected chi connectivity index (χ2v) is 4.08. The molecule has 1 N–H and O–H groups in total. The Bertz CT molecular complexity index is 309. The molecule has 0 amide bonds. The van der Waals surface area contributed by atoms with E-state index in [0.717, 1.165) is 12.3 Å². The van der Waals surface area contributed by atoms with Gasteiger partial charge in [0, 0.05) is 12.2 Å². The lowest BCUT2D eigenvalue weighted by molar-refractivity contribution is 0.414. The third kappa shape index (κ3) is 3.46. The summed E-state index contributed by atoms with van der Waals surface area (Å²) in [5.41, 5.74) is 2.44. The van der Waals surface area contributed by atoms with Gasteiger partial charge in [-0.2, -0.15) is 0 Å². The Kier molecular flexibility index (Phi) is 4.47. The van der Waals surface area contributed by atoms with Crippen LogP contribution in [-0.4, -0.2) is 13.7 Å². The maximum absolute atomic E-state index is 5.17. The fraction of sp³-hybridized carbons (Fsp3) is 0.538. The van der Waals surface area contributed by atoms with E-state index in [1.807, 2.05) is 6.07 Å². The maximum atomic E-state index is 5.17. The van der Waals surface area contributed by atoms with Crippen LogP contribution in [0, 0.1) is 12.8 Å². The second kappa shape index (κ2) is 5.64. The molecule has 0 aliphatic rings. The first-order valence-corrected chi connectivity index (χ1v) is 5.55. The largest absolute Gasteiger partial charge is 0.497 e. The van der Waals surface area contributed by atoms with Gasteiger partial charge < -0.3 is 10.1 Å². The summed E-state index contributed by atoms with van der Waals surface area (Å²) < 4.78 is 5.17. The van der Waals surface area contributed by atoms with Gasteiger partial charge in [0.05, 0.1) is 7.11 Å². The number of hydrogen-bond donors (Lipinski definition) is 1. The molecule has 0 saturated carbocycles. The number of aryl methyl sites for hydroxylation is 1. The lowest BCUT2D eigenvalue weighted by Gasteiger charge is -2.14. The maximum Gasteiger partial charge on any atom is 0.119 e. The number of anilines is 1. The van der Waals surface area contributed by atoms with E-state index in [-0.39, 0.29) is 0 Å². The first-order chi connectivity index (χ1) is 7.17. The zero-order valence-corrected chi connectivity index (χ0v) is 10.1. The topological polar surface area (TPSA) is 21.3 Å². The average Bonchev–Trinajstić information content (AvgIpc) is 2.26. The third-order valence-electron chi connectivity index (χ3n) is 2.77. The first kappa shape index (κ1) is 11.9. The van der Waals surface area contributed by atoms with E-state index in [1.54, 1.807) is 7.11 Å². The van der Waals surface area contributed by atoms with Gasteiger partial charge in [-0.05, 0) is 36.6 Å². The Labute approximate surface area is 92.6 Å². The molecule has 2 nitrogen and oxygen atoms in total. The lowest BCUT2D eigenvalue weighted by atomic mass is 10.1. The minimum absolute atomic E-state index is 0.714. The molecule has 0 saturated heterocycles. The number of methoxy groups -OCH3 is 1. The van der Waals surface area contributed by atoms with Gasteiger partial charge in [-0.1, -0.05) is 20.3 Å². The fourth-order valence-corrected chi connectivity index (χ4v) is 1.39. The Balaban J connectivity index is 2.62. The van der Waals surface area contributed by atoms with Crippen molar-refractivity contribution in [3.05, 3.63) is 23.8 Å². The van der Waals surface area contributed by atoms with Gasteiger partial charge in [-0.25, -0.2) is 0 Å². The van der Waals surface area contributed by atoms with Gasteiger partial charge in [-0.15, -0.1) is 0 Å². The van der Waals surface area contributed by atoms with Gasteiger partial charge in [0.1, 0.15) is 5.75 Å². The SMILES string of the molecule is CCC(C)CNc1ccc(OC)cc1C. The van der Waals surface area contributed by atoms with Gasteiger partial charge in [0.2, 0.25) is 0 Å². The molecule has 0 aliphatic heterocycles. The summed E-state index contributed by atoms with van der Waals surface area (Å²) >= 11 is 0. The Morgan fingerprint density at radius 3 is 2.67 bits per heavy atom. The fourth-order valence-electron chi connectivity index (χ4n) is 1.39. The van der Waals surface area contributed by atoms with Gasteiger partial charge in [-0.3, -0.25) is 0 Å². The zero-order valence-electron chi connectivity index (χ0n) is 10.1. The van der Waals surface area contributed by atoms with Crippen molar-refractivity contribution in [2.75, 3.05) is 19.0 Å². The summed E-state index contributed by atoms with van der Waals surface area (Å²) in [5, 5.41) is 3.46. The van der Waals surface area contributed by atoms with E-state index in [0.29, 0.717) is 5.92 Å². The average molecular weight is 207 g/mol. The van der Waals surface area contributed by atoms with Crippen molar-refractivity contribution in [2.24, 2.45) is 5.92 Å². The Morgan fingerprint density at radius 1 is 1.40 bits per heavy atom. The Hall–Kier alpha value is -1.18. The summed E-state index contributed by atoms with van der Waals surface area (Å²) in [6, 6.07) is 6.13. The zero-order chi connectivity index (χ0) is 11.3. The molecule has 84 valence electrons. The normalized spacial score (nSPS) is 12.3. The van der Waals surface area contributed by atoms with Crippen LogP contribution >= 0.6 is 0 Å². The predicted octanol–water partition coefficient (Wildman–Crippen LogP) is 3.46. The van der Waals surface area contributed by atoms with E-state index in [1.165, 1.54) is 17.7 Å². The van der Waals surface area contributed by atoms with Gasteiger partial charge >= 0.3 is 0 Å². The molecule has 1 unspecified atom stereocenters. The van der Waals surface area contributed by atoms with Crippen LogP contribution in [-0.2, 0) is 0 Å². The highest BCUT2D eigenvalue weighted by molar-refractivity contribution is 5.53. The van der Waals surface area contributed by atoms with Crippen molar-refractivity contribution in [3.8, 4) is 5.75 Å². The minimum Gasteiger partial charge on any atom is -0.497 e. The number of hydrogen-bond acceptors (Lipinski definition) is 2. The lowest BCUT2D eigenvalue weighted by Crippen LogP contribution is -2.10. The van der Waals surface area contributed by atoms with E-state index in [4.69, 9.17) is 4.74 Å². The van der Waals surface area contributed by atoms with Crippen LogP contribution in [0.15, 0.2) is 18.2 Å². The number of ether oxygens (including phenoxy) is 1. The third-order valence-corrected chi connectivity index (χ3v) is 2.77. The molecule has 2 heteroatoms. The molecule has 0 heterocycles. The summed E-state index contributed by atoms with van der Waals surface area (Å²) in [6.07, 6.45) is 1.21. The standard InChI is InChI=1S/C13H21NO/c1-5-10(2)9-14-13-7-6-12(15-4)8-11(13)3/h6-8,10,14H,5,9H2,1-4H3. The molecule has 0 bridgehead atoms. The highest BCUT2D eigenvalue weighted by Gasteiger charge is 2.02. The highest BCUT2D eigenvalue weighted by atomic mass is 16.5. The van der Waals surface area contributed by atoms with Crippen LogP contribution in [0.3, 0.4) is 0 Å². The Morgan fingerprint density at radius 2 is 2.13 bits per heavy atom. The van der Waals surface area contributed by atoms with Crippen molar-refractivity contribution < 1.29 is 4.74 Å². The molecule has 0 aromatic heterocycles. The summed E-state index contributed by atoms with van der Waals surface area (Å²) in [7, 11) is 1.70. The molecule has 0 spiro atoms. The summed E-state index contributed by atoms with van der Waals surface area (Å²) in [5.74, 6) is 1.63. The molecule has 1 aromatic carbocycles. The van der Waals surface area contributed by atoms with Crippen molar-refractivity contribution in [1.82, 2.24) is 0 Å². The quantitative estimate of drug-likeness (QED) is 0.798. The molecule has 0 radical (unpaired) electrons. The van der Waals surface area contributed by atoms with Crippen LogP contribution in [0.5, 0.6) is 5.75 Å². The van der Waals surface area contributed by atoms with E-state index >= 15 is 0 Å². The van der Waals surface area contributed by atoms with Gasteiger partial charge in [0.15, 0.2) is 0 Å². The molecule has 1 aromatic rings. The first-order valence-electron chi connectivity index (χ1n) is 5.55. The van der Waals surface area contributed by atoms with Crippen LogP contribution in [0.25, 0.3) is 0 Å². The molecule has 0 aliphatic carbocycles. The van der Waals surface area contributed by atoms with Crippen LogP contribution in [0.2, 0.25) is 0 Å². The van der Waals surface area contributed by atoms with Gasteiger partial charge in [0.25, 0.3) is 0 Å². The van der Waals surface area contributed by atoms with E-state index in [9.17, 15) is 0 Å². The molecular formula is C13H21NO. The van der Waals surface area contributed by atoms with Crippen LogP contribution in [0.4, 0.5) is 5.69 Å². The molecule has 1 atom stereocenters. The number of benzene rings is 1. The van der Waals surface area contributed by atoms with Crippen LogP contribution in [0.1, 0.15) is 25.8 Å². The smallest absolute Gasteiger partial charge is 0.119 e. The van der Waals surface area contributed by atoms with Crippen molar-refractivity contribution in [3.63, 3.8) is 0 Å². The van der Waals surface area contributed by atoms with E-state index < -0.39 is 0 Å². The minimum atomic E-state index is 0.714. The second-order valence-electron chi connectivity index (χ2n) is 4.08. The monoisotopic (exact) mass is 207 g/mol. The molecular weight excluding hydrogens is 186 g/mol. The van der Waals surface area contributed by atoms with E-state index in [2.05, 4.69) is 38.2 Å². The van der Waals surface area contributed by atoms with Crippen LogP contribution < -0.4 is 10.1 Å². The molecule has 0 fully saturated rings. The summed E-state index contributed by atoms with van der Waals surface area (Å²) in [6.45, 7) is 7.60. The van der Waals surface area contributed by atoms with Crippen molar-refractivity contribution in [1.29, 1.82) is 0 Å². The molecule has 1 rings (SSSR count). The van der Waals surface area contributed by atoms with Crippen molar-refractivity contribution in [2.45, 2.75) is 27.2 Å². The molecule has 15 heavy (non-hydrogen) atoms. The predicted molar refractivity (Wildman–Crippen MR) is 65.7 cm³/mol. The highest BCUT2D eigenvalue weighted by Crippen LogP contribution is 2.21. The number of rotatable bonds is 5.